The molecule has 0 heterocycles. The second-order valence-corrected chi connectivity index (χ2v) is 4.47. The van der Waals surface area contributed by atoms with Crippen molar-refractivity contribution in [1.82, 2.24) is 0 Å². The molecule has 0 saturated heterocycles. The number of hydrogen-bond donors (Lipinski definition) is 0. The molecule has 1 atom stereocenters. The summed E-state index contributed by atoms with van der Waals surface area (Å²) in [5, 5.41) is 0. The Morgan fingerprint density at radius 1 is 1.47 bits per heavy atom. The Balaban J connectivity index is 2.75. The Kier molecular flexibility index (Phi) is 5.25. The molecule has 19 heavy (non-hydrogen) atoms. The van der Waals surface area contributed by atoms with Gasteiger partial charge in [-0.05, 0) is 18.2 Å². The number of ether oxygens (including phenoxy) is 1. The van der Waals surface area contributed by atoms with E-state index in [9.17, 15) is 22.4 Å². The van der Waals surface area contributed by atoms with Crippen LogP contribution in [0.15, 0.2) is 35.3 Å². The molecule has 104 valence electrons. The number of Topliss-reactive ketones (excluding diaryl/α,β-unsaturated/α-hetero) is 1. The van der Waals surface area contributed by atoms with Crippen molar-refractivity contribution >= 4 is 21.7 Å². The van der Waals surface area contributed by atoms with Crippen molar-refractivity contribution in [3.63, 3.8) is 0 Å². The number of carbonyl (C=O) groups excluding carboxylic acids is 1. The first-order chi connectivity index (χ1) is 8.75. The monoisotopic (exact) mass is 340 g/mol. The van der Waals surface area contributed by atoms with Gasteiger partial charge >= 0.3 is 6.18 Å². The maximum absolute atomic E-state index is 13.3. The van der Waals surface area contributed by atoms with Crippen molar-refractivity contribution in [3.8, 4) is 0 Å². The van der Waals surface area contributed by atoms with Crippen LogP contribution in [0, 0.1) is 5.82 Å². The molecule has 0 aromatic heterocycles. The van der Waals surface area contributed by atoms with Gasteiger partial charge in [0.25, 0.3) is 0 Å². The quantitative estimate of drug-likeness (QED) is 0.461. The molecule has 1 aromatic rings. The van der Waals surface area contributed by atoms with Crippen LogP contribution in [0.3, 0.4) is 0 Å². The van der Waals surface area contributed by atoms with Gasteiger partial charge in [0.15, 0.2) is 11.9 Å². The van der Waals surface area contributed by atoms with Gasteiger partial charge in [-0.3, -0.25) is 4.79 Å². The van der Waals surface area contributed by atoms with E-state index in [0.29, 0.717) is 10.5 Å². The summed E-state index contributed by atoms with van der Waals surface area (Å²) < 4.78 is 55.1. The summed E-state index contributed by atoms with van der Waals surface area (Å²) in [6.07, 6.45) is -6.38. The van der Waals surface area contributed by atoms with Crippen LogP contribution in [0.4, 0.5) is 17.6 Å². The second kappa shape index (κ2) is 6.29. The molecule has 1 aromatic carbocycles. The van der Waals surface area contributed by atoms with Crippen LogP contribution in [-0.4, -0.2) is 24.7 Å². The summed E-state index contributed by atoms with van der Waals surface area (Å²) in [5.41, 5.74) is -0.334. The third-order valence-corrected chi connectivity index (χ3v) is 2.65. The number of hydrogen-bond acceptors (Lipinski definition) is 2. The SMILES string of the molecule is C=CC(OCC(=O)c1cc(Br)ccc1F)C(F)(F)F. The first-order valence-corrected chi connectivity index (χ1v) is 5.84. The molecule has 7 heteroatoms. The maximum atomic E-state index is 13.3. The highest BCUT2D eigenvalue weighted by atomic mass is 79.9. The highest BCUT2D eigenvalue weighted by Gasteiger charge is 2.38. The minimum atomic E-state index is -4.65. The van der Waals surface area contributed by atoms with Gasteiger partial charge in [0, 0.05) is 4.47 Å². The second-order valence-electron chi connectivity index (χ2n) is 3.56. The van der Waals surface area contributed by atoms with Gasteiger partial charge < -0.3 is 4.74 Å². The van der Waals surface area contributed by atoms with E-state index in [2.05, 4.69) is 27.2 Å². The molecule has 1 rings (SSSR count). The third-order valence-electron chi connectivity index (χ3n) is 2.16. The van der Waals surface area contributed by atoms with E-state index in [-0.39, 0.29) is 5.56 Å². The molecule has 0 radical (unpaired) electrons. The fraction of sp³-hybridized carbons (Fsp3) is 0.250. The first-order valence-electron chi connectivity index (χ1n) is 5.05. The molecule has 0 N–H and O–H groups in total. The molecular formula is C12H9BrF4O2. The summed E-state index contributed by atoms with van der Waals surface area (Å²) >= 11 is 3.03. The first kappa shape index (κ1) is 15.8. The van der Waals surface area contributed by atoms with Crippen molar-refractivity contribution < 1.29 is 27.1 Å². The van der Waals surface area contributed by atoms with Crippen LogP contribution >= 0.6 is 15.9 Å². The predicted octanol–water partition coefficient (Wildman–Crippen LogP) is 3.90. The summed E-state index contributed by atoms with van der Waals surface area (Å²) in [4.78, 5) is 11.6. The molecule has 0 spiro atoms. The Morgan fingerprint density at radius 3 is 2.63 bits per heavy atom. The molecule has 0 aliphatic heterocycles. The number of ketones is 1. The fourth-order valence-electron chi connectivity index (χ4n) is 1.25. The highest BCUT2D eigenvalue weighted by molar-refractivity contribution is 9.10. The molecule has 1 unspecified atom stereocenters. The smallest absolute Gasteiger partial charge is 0.357 e. The van der Waals surface area contributed by atoms with Crippen molar-refractivity contribution in [3.05, 3.63) is 46.7 Å². The molecule has 0 aliphatic rings. The summed E-state index contributed by atoms with van der Waals surface area (Å²) in [7, 11) is 0. The zero-order chi connectivity index (χ0) is 14.6. The number of alkyl halides is 3. The molecule has 0 bridgehead atoms. The third kappa shape index (κ3) is 4.43. The largest absolute Gasteiger partial charge is 0.418 e. The van der Waals surface area contributed by atoms with Crippen molar-refractivity contribution in [1.29, 1.82) is 0 Å². The lowest BCUT2D eigenvalue weighted by atomic mass is 10.1. The van der Waals surface area contributed by atoms with Gasteiger partial charge in [-0.15, -0.1) is 6.58 Å². The van der Waals surface area contributed by atoms with E-state index in [1.54, 1.807) is 0 Å². The molecule has 0 saturated carbocycles. The van der Waals surface area contributed by atoms with E-state index in [4.69, 9.17) is 0 Å². The number of halogens is 5. The van der Waals surface area contributed by atoms with Gasteiger partial charge in [0.1, 0.15) is 12.4 Å². The van der Waals surface area contributed by atoms with Crippen LogP contribution in [-0.2, 0) is 4.74 Å². The highest BCUT2D eigenvalue weighted by Crippen LogP contribution is 2.24. The van der Waals surface area contributed by atoms with Crippen molar-refractivity contribution in [2.45, 2.75) is 12.3 Å². The van der Waals surface area contributed by atoms with Crippen LogP contribution in [0.2, 0.25) is 0 Å². The Labute approximate surface area is 115 Å². The van der Waals surface area contributed by atoms with E-state index < -0.39 is 30.5 Å². The summed E-state index contributed by atoms with van der Waals surface area (Å²) in [6, 6.07) is 3.58. The minimum absolute atomic E-state index is 0.334. The zero-order valence-corrected chi connectivity index (χ0v) is 11.1. The topological polar surface area (TPSA) is 26.3 Å². The van der Waals surface area contributed by atoms with Crippen molar-refractivity contribution in [2.24, 2.45) is 0 Å². The van der Waals surface area contributed by atoms with Crippen LogP contribution in [0.5, 0.6) is 0 Å². The minimum Gasteiger partial charge on any atom is -0.357 e. The van der Waals surface area contributed by atoms with Crippen LogP contribution in [0.1, 0.15) is 10.4 Å². The van der Waals surface area contributed by atoms with Crippen molar-refractivity contribution in [2.75, 3.05) is 6.61 Å². The van der Waals surface area contributed by atoms with E-state index in [1.807, 2.05) is 0 Å². The summed E-state index contributed by atoms with van der Waals surface area (Å²) in [6.45, 7) is 2.09. The molecule has 0 aliphatic carbocycles. The van der Waals surface area contributed by atoms with E-state index >= 15 is 0 Å². The average molecular weight is 341 g/mol. The average Bonchev–Trinajstić information content (AvgIpc) is 2.31. The van der Waals surface area contributed by atoms with Gasteiger partial charge in [0.05, 0.1) is 5.56 Å². The van der Waals surface area contributed by atoms with Gasteiger partial charge in [-0.1, -0.05) is 22.0 Å². The molecule has 2 nitrogen and oxygen atoms in total. The molecule has 0 fully saturated rings. The number of rotatable bonds is 5. The van der Waals surface area contributed by atoms with Crippen LogP contribution < -0.4 is 0 Å². The summed E-state index contributed by atoms with van der Waals surface area (Å²) in [5.74, 6) is -1.70. The Hall–Kier alpha value is -1.21. The van der Waals surface area contributed by atoms with Gasteiger partial charge in [-0.2, -0.15) is 13.2 Å². The lowest BCUT2D eigenvalue weighted by molar-refractivity contribution is -0.200. The predicted molar refractivity (Wildman–Crippen MR) is 64.4 cm³/mol. The van der Waals surface area contributed by atoms with Gasteiger partial charge in [0.2, 0.25) is 0 Å². The van der Waals surface area contributed by atoms with E-state index in [0.717, 1.165) is 6.07 Å². The lowest BCUT2D eigenvalue weighted by Crippen LogP contribution is -2.31. The Morgan fingerprint density at radius 2 is 2.11 bits per heavy atom. The van der Waals surface area contributed by atoms with Crippen LogP contribution in [0.25, 0.3) is 0 Å². The number of carbonyl (C=O) groups is 1. The number of benzene rings is 1. The van der Waals surface area contributed by atoms with Gasteiger partial charge in [-0.25, -0.2) is 4.39 Å². The molecule has 0 amide bonds. The fourth-order valence-corrected chi connectivity index (χ4v) is 1.61. The molecular weight excluding hydrogens is 332 g/mol. The van der Waals surface area contributed by atoms with E-state index in [1.165, 1.54) is 12.1 Å². The zero-order valence-electron chi connectivity index (χ0n) is 9.51. The normalized spacial score (nSPS) is 13.1. The standard InChI is InChI=1S/C12H9BrF4O2/c1-2-11(12(15,16)17)19-6-10(18)8-5-7(13)3-4-9(8)14/h2-5,11H,1,6H2. The lowest BCUT2D eigenvalue weighted by Gasteiger charge is -2.16. The maximum Gasteiger partial charge on any atom is 0.418 e. The Bertz CT molecular complexity index is 485.